The van der Waals surface area contributed by atoms with Crippen LogP contribution < -0.4 is 0 Å². The van der Waals surface area contributed by atoms with Gasteiger partial charge in [0.25, 0.3) is 0 Å². The average Bonchev–Trinajstić information content (AvgIpc) is 3.06. The number of piperidine rings is 1. The predicted molar refractivity (Wildman–Crippen MR) is 111 cm³/mol. The first-order valence-electron chi connectivity index (χ1n) is 9.42. The second-order valence-corrected chi connectivity index (χ2v) is 8.29. The minimum Gasteiger partial charge on any atom is -0.339 e. The molecule has 150 valence electrons. The fourth-order valence-electron chi connectivity index (χ4n) is 4.25. The van der Waals surface area contributed by atoms with Gasteiger partial charge in [0.05, 0.1) is 5.56 Å². The van der Waals surface area contributed by atoms with Crippen LogP contribution in [0.15, 0.2) is 59.1 Å². The lowest BCUT2D eigenvalue weighted by molar-refractivity contribution is -0.137. The molecule has 2 aromatic carbocycles. The Labute approximate surface area is 175 Å². The largest absolute Gasteiger partial charge is 0.416 e. The Kier molecular flexibility index (Phi) is 5.15. The monoisotopic (exact) mass is 461 g/mol. The molecule has 0 N–H and O–H groups in total. The van der Waals surface area contributed by atoms with Crippen LogP contribution >= 0.6 is 15.9 Å². The van der Waals surface area contributed by atoms with E-state index >= 15 is 0 Å². The number of hydrogen-bond acceptors (Lipinski definition) is 1. The molecule has 2 nitrogen and oxygen atoms in total. The standard InChI is InChI=1S/C23H19BrF3NO/c24-19-7-3-5-17-10-11-22(21(17)19)12-14-28(15-13-22)20(29)9-8-16-4-1-2-6-18(16)23(25,26)27/h1-11H,12-15H2/b9-8+. The molecule has 1 aliphatic heterocycles. The Hall–Kier alpha value is -2.34. The van der Waals surface area contributed by atoms with Crippen molar-refractivity contribution < 1.29 is 18.0 Å². The first-order chi connectivity index (χ1) is 13.8. The van der Waals surface area contributed by atoms with Gasteiger partial charge in [-0.3, -0.25) is 4.79 Å². The fraction of sp³-hybridized carbons (Fsp3) is 0.261. The number of carbonyl (C=O) groups is 1. The highest BCUT2D eigenvalue weighted by Gasteiger charge is 2.40. The molecule has 0 unspecified atom stereocenters. The van der Waals surface area contributed by atoms with Gasteiger partial charge in [-0.25, -0.2) is 0 Å². The molecule has 1 spiro atoms. The lowest BCUT2D eigenvalue weighted by Crippen LogP contribution is -2.43. The Bertz CT molecular complexity index is 1000. The Morgan fingerprint density at radius 3 is 2.52 bits per heavy atom. The number of rotatable bonds is 2. The highest BCUT2D eigenvalue weighted by atomic mass is 79.9. The molecule has 1 saturated heterocycles. The highest BCUT2D eigenvalue weighted by molar-refractivity contribution is 9.10. The zero-order valence-electron chi connectivity index (χ0n) is 15.5. The van der Waals surface area contributed by atoms with Crippen molar-refractivity contribution in [3.05, 3.63) is 81.3 Å². The Balaban J connectivity index is 1.47. The Morgan fingerprint density at radius 2 is 1.79 bits per heavy atom. The van der Waals surface area contributed by atoms with Gasteiger partial charge in [-0.2, -0.15) is 13.2 Å². The molecule has 1 fully saturated rings. The summed E-state index contributed by atoms with van der Waals surface area (Å²) in [5, 5.41) is 0. The number of fused-ring (bicyclic) bond motifs is 2. The molecule has 1 amide bonds. The van der Waals surface area contributed by atoms with Crippen LogP contribution in [0.2, 0.25) is 0 Å². The summed E-state index contributed by atoms with van der Waals surface area (Å²) < 4.78 is 40.4. The van der Waals surface area contributed by atoms with Crippen molar-refractivity contribution in [3.63, 3.8) is 0 Å². The summed E-state index contributed by atoms with van der Waals surface area (Å²) in [4.78, 5) is 14.3. The maximum Gasteiger partial charge on any atom is 0.416 e. The second kappa shape index (κ2) is 7.48. The number of allylic oxidation sites excluding steroid dienone is 1. The fourth-order valence-corrected chi connectivity index (χ4v) is 5.02. The lowest BCUT2D eigenvalue weighted by atomic mass is 9.74. The molecule has 0 aromatic heterocycles. The molecular weight excluding hydrogens is 443 g/mol. The SMILES string of the molecule is O=C(/C=C/c1ccccc1C(F)(F)F)N1CCC2(C=Cc3cccc(Br)c32)CC1. The number of alkyl halides is 3. The molecule has 0 bridgehead atoms. The first kappa shape index (κ1) is 20.0. The van der Waals surface area contributed by atoms with Gasteiger partial charge >= 0.3 is 6.18 Å². The maximum absolute atomic E-state index is 13.1. The Morgan fingerprint density at radius 1 is 1.07 bits per heavy atom. The van der Waals surface area contributed by atoms with Gasteiger partial charge in [-0.1, -0.05) is 58.4 Å². The summed E-state index contributed by atoms with van der Waals surface area (Å²) in [5.41, 5.74) is 1.64. The third kappa shape index (κ3) is 3.78. The lowest BCUT2D eigenvalue weighted by Gasteiger charge is -2.39. The van der Waals surface area contributed by atoms with Gasteiger partial charge in [-0.05, 0) is 47.7 Å². The number of hydrogen-bond donors (Lipinski definition) is 0. The maximum atomic E-state index is 13.1. The van der Waals surface area contributed by atoms with E-state index in [2.05, 4.69) is 34.1 Å². The molecule has 1 heterocycles. The van der Waals surface area contributed by atoms with Crippen molar-refractivity contribution in [1.82, 2.24) is 4.90 Å². The summed E-state index contributed by atoms with van der Waals surface area (Å²) >= 11 is 3.65. The summed E-state index contributed by atoms with van der Waals surface area (Å²) in [7, 11) is 0. The number of nitrogens with zero attached hydrogens (tertiary/aromatic N) is 1. The van der Waals surface area contributed by atoms with E-state index in [0.29, 0.717) is 13.1 Å². The normalized spacial score (nSPS) is 17.9. The van der Waals surface area contributed by atoms with Gasteiger partial charge < -0.3 is 4.90 Å². The van der Waals surface area contributed by atoms with E-state index in [9.17, 15) is 18.0 Å². The molecule has 0 radical (unpaired) electrons. The van der Waals surface area contributed by atoms with Crippen LogP contribution in [0.25, 0.3) is 12.2 Å². The quantitative estimate of drug-likeness (QED) is 0.497. The molecule has 6 heteroatoms. The first-order valence-corrected chi connectivity index (χ1v) is 10.2. The van der Waals surface area contributed by atoms with E-state index in [0.717, 1.165) is 23.4 Å². The highest BCUT2D eigenvalue weighted by Crippen LogP contribution is 2.46. The predicted octanol–water partition coefficient (Wildman–Crippen LogP) is 6.07. The second-order valence-electron chi connectivity index (χ2n) is 7.44. The van der Waals surface area contributed by atoms with Crippen LogP contribution in [0.3, 0.4) is 0 Å². The van der Waals surface area contributed by atoms with Crippen LogP contribution in [-0.2, 0) is 16.4 Å². The molecule has 0 atom stereocenters. The van der Waals surface area contributed by atoms with Crippen molar-refractivity contribution in [2.45, 2.75) is 24.4 Å². The zero-order chi connectivity index (χ0) is 20.6. The van der Waals surface area contributed by atoms with Gasteiger partial charge in [0.1, 0.15) is 0 Å². The molecule has 4 rings (SSSR count). The van der Waals surface area contributed by atoms with E-state index in [-0.39, 0.29) is 16.9 Å². The molecule has 1 aliphatic carbocycles. The average molecular weight is 462 g/mol. The van der Waals surface area contributed by atoms with Crippen molar-refractivity contribution in [2.75, 3.05) is 13.1 Å². The number of halogens is 4. The molecule has 29 heavy (non-hydrogen) atoms. The number of likely N-dealkylation sites (tertiary alicyclic amines) is 1. The summed E-state index contributed by atoms with van der Waals surface area (Å²) in [6.45, 7) is 1.13. The molecule has 2 aliphatic rings. The minimum atomic E-state index is -4.45. The summed E-state index contributed by atoms with van der Waals surface area (Å²) in [6, 6.07) is 11.4. The van der Waals surface area contributed by atoms with E-state index in [1.54, 1.807) is 4.90 Å². The third-order valence-corrected chi connectivity index (χ3v) is 6.43. The van der Waals surface area contributed by atoms with E-state index < -0.39 is 11.7 Å². The van der Waals surface area contributed by atoms with Crippen LogP contribution in [0.5, 0.6) is 0 Å². The zero-order valence-corrected chi connectivity index (χ0v) is 17.1. The smallest absolute Gasteiger partial charge is 0.339 e. The van der Waals surface area contributed by atoms with Crippen LogP contribution in [0, 0.1) is 0 Å². The number of carbonyl (C=O) groups excluding carboxylic acids is 1. The van der Waals surface area contributed by atoms with Crippen LogP contribution in [0.1, 0.15) is 35.1 Å². The van der Waals surface area contributed by atoms with Crippen LogP contribution in [0.4, 0.5) is 13.2 Å². The van der Waals surface area contributed by atoms with Gasteiger partial charge in [0, 0.05) is 29.1 Å². The number of amides is 1. The number of benzene rings is 2. The van der Waals surface area contributed by atoms with Crippen molar-refractivity contribution in [1.29, 1.82) is 0 Å². The van der Waals surface area contributed by atoms with E-state index in [1.807, 2.05) is 12.1 Å². The van der Waals surface area contributed by atoms with Crippen molar-refractivity contribution >= 4 is 34.0 Å². The van der Waals surface area contributed by atoms with Crippen LogP contribution in [-0.4, -0.2) is 23.9 Å². The van der Waals surface area contributed by atoms with E-state index in [1.165, 1.54) is 41.5 Å². The summed E-state index contributed by atoms with van der Waals surface area (Å²) in [5.74, 6) is -0.258. The van der Waals surface area contributed by atoms with Crippen molar-refractivity contribution in [2.24, 2.45) is 0 Å². The van der Waals surface area contributed by atoms with E-state index in [4.69, 9.17) is 0 Å². The molecule has 0 saturated carbocycles. The third-order valence-electron chi connectivity index (χ3n) is 5.76. The summed E-state index contributed by atoms with van der Waals surface area (Å²) in [6.07, 6.45) is 3.99. The van der Waals surface area contributed by atoms with Gasteiger partial charge in [0.2, 0.25) is 5.91 Å². The topological polar surface area (TPSA) is 20.3 Å². The molecule has 2 aromatic rings. The van der Waals surface area contributed by atoms with Gasteiger partial charge in [-0.15, -0.1) is 0 Å². The van der Waals surface area contributed by atoms with Gasteiger partial charge in [0.15, 0.2) is 0 Å². The molecular formula is C23H19BrF3NO. The minimum absolute atomic E-state index is 0.00147. The van der Waals surface area contributed by atoms with Crippen molar-refractivity contribution in [3.8, 4) is 0 Å².